The van der Waals surface area contributed by atoms with Crippen molar-refractivity contribution in [3.05, 3.63) is 230 Å². The molecule has 4 heterocycles. The topological polar surface area (TPSA) is 12.6 Å². The Morgan fingerprint density at radius 1 is 0.424 bits per heavy atom. The van der Waals surface area contributed by atoms with Gasteiger partial charge in [-0.15, -0.1) is 0 Å². The first kappa shape index (κ1) is 36.0. The van der Waals surface area contributed by atoms with Gasteiger partial charge in [0.1, 0.15) is 0 Å². The summed E-state index contributed by atoms with van der Waals surface area (Å²) in [5.74, 6) is 0.157. The molecule has 0 fully saturated rings. The summed E-state index contributed by atoms with van der Waals surface area (Å²) < 4.78 is 5.05. The highest BCUT2D eigenvalue weighted by Crippen LogP contribution is 2.58. The first-order chi connectivity index (χ1) is 32.7. The monoisotopic (exact) mass is 839 g/mol. The van der Waals surface area contributed by atoms with E-state index in [1.807, 2.05) is 0 Å². The van der Waals surface area contributed by atoms with E-state index in [2.05, 4.69) is 245 Å². The Morgan fingerprint density at radius 2 is 0.970 bits per heavy atom. The van der Waals surface area contributed by atoms with E-state index < -0.39 is 0 Å². The van der Waals surface area contributed by atoms with E-state index in [0.717, 1.165) is 5.69 Å². The number of fused-ring (bicyclic) bond motifs is 14. The Kier molecular flexibility index (Phi) is 7.14. The predicted molar refractivity (Wildman–Crippen MR) is 279 cm³/mol. The lowest BCUT2D eigenvalue weighted by atomic mass is 9.77. The van der Waals surface area contributed by atoms with Gasteiger partial charge in [-0.05, 0) is 105 Å². The van der Waals surface area contributed by atoms with Crippen LogP contribution in [-0.4, -0.2) is 14.5 Å². The molecule has 10 aromatic carbocycles. The molecule has 1 aliphatic carbocycles. The predicted octanol–water partition coefficient (Wildman–Crippen LogP) is 16.7. The van der Waals surface area contributed by atoms with Crippen LogP contribution in [0.3, 0.4) is 0 Å². The molecule has 0 radical (unpaired) electrons. The zero-order chi connectivity index (χ0) is 43.3. The van der Waals surface area contributed by atoms with Crippen molar-refractivity contribution in [2.75, 3.05) is 4.90 Å². The van der Waals surface area contributed by atoms with E-state index in [-0.39, 0.29) is 11.5 Å². The Balaban J connectivity index is 1.09. The largest absolute Gasteiger partial charge is 0.331 e. The third kappa shape index (κ3) is 4.56. The number of aromatic nitrogens is 2. The molecule has 2 unspecified atom stereocenters. The van der Waals surface area contributed by atoms with Crippen LogP contribution in [0, 0.1) is 0 Å². The van der Waals surface area contributed by atoms with E-state index in [1.54, 1.807) is 0 Å². The summed E-state index contributed by atoms with van der Waals surface area (Å²) in [4.78, 5) is 2.57. The molecule has 13 aromatic rings. The van der Waals surface area contributed by atoms with Gasteiger partial charge in [-0.1, -0.05) is 170 Å². The maximum absolute atomic E-state index is 2.61. The molecular weight excluding hydrogens is 799 g/mol. The van der Waals surface area contributed by atoms with E-state index >= 15 is 0 Å². The van der Waals surface area contributed by atoms with Crippen molar-refractivity contribution in [2.24, 2.45) is 0 Å². The average Bonchev–Trinajstić information content (AvgIpc) is 4.08. The maximum atomic E-state index is 2.61. The van der Waals surface area contributed by atoms with Gasteiger partial charge in [0.05, 0.1) is 33.1 Å². The SMILES string of the molecule is CC12C=CC=CC1c1c(-c3c4ccccc4cc4c3c3cccc5c6c(-c7cccc8c7c7ccccc7n8-c7ccccc7)c7ccccc7cc6n4c35)cccc1N2c1ccccc1. The van der Waals surface area contributed by atoms with Gasteiger partial charge in [0.25, 0.3) is 0 Å². The summed E-state index contributed by atoms with van der Waals surface area (Å²) in [6.07, 6.45) is 9.31. The first-order valence-electron chi connectivity index (χ1n) is 23.2. The number of para-hydroxylation sites is 4. The zero-order valence-electron chi connectivity index (χ0n) is 36.3. The Morgan fingerprint density at radius 3 is 1.68 bits per heavy atom. The fraction of sp³-hybridized carbons (Fsp3) is 0.0476. The number of benzene rings is 10. The van der Waals surface area contributed by atoms with Crippen molar-refractivity contribution >= 4 is 92.8 Å². The summed E-state index contributed by atoms with van der Waals surface area (Å²) in [7, 11) is 0. The van der Waals surface area contributed by atoms with Crippen LogP contribution < -0.4 is 4.90 Å². The number of nitrogens with zero attached hydrogens (tertiary/aromatic N) is 3. The van der Waals surface area contributed by atoms with Gasteiger partial charge in [0, 0.05) is 60.9 Å². The zero-order valence-corrected chi connectivity index (χ0v) is 36.3. The minimum atomic E-state index is -0.266. The van der Waals surface area contributed by atoms with Crippen LogP contribution in [0.15, 0.2) is 224 Å². The van der Waals surface area contributed by atoms with Crippen molar-refractivity contribution < 1.29 is 0 Å². The smallest absolute Gasteiger partial charge is 0.0712 e. The standard InChI is InChI=1S/C63H41N3/c1-63-36-15-14-32-50(63)59-47(29-18-35-53(59)66(63)42-23-6-3-7-24-42)58-44-26-11-9-20-40(44)38-55-61(58)49-31-16-30-48-60-54(65(55)62(48)49)37-39-19-8-10-25-43(39)57(60)46-28-17-34-52-56(46)45-27-12-13-33-51(45)64(52)41-21-4-2-5-22-41/h2-38,50H,1H3. The van der Waals surface area contributed by atoms with Crippen molar-refractivity contribution in [1.29, 1.82) is 0 Å². The summed E-state index contributed by atoms with van der Waals surface area (Å²) >= 11 is 0. The molecule has 3 nitrogen and oxygen atoms in total. The summed E-state index contributed by atoms with van der Waals surface area (Å²) in [6.45, 7) is 2.41. The molecule has 2 atom stereocenters. The second-order valence-electron chi connectivity index (χ2n) is 18.5. The van der Waals surface area contributed by atoms with Crippen LogP contribution in [-0.2, 0) is 0 Å². The number of hydrogen-bond acceptors (Lipinski definition) is 1. The molecule has 3 aromatic heterocycles. The van der Waals surface area contributed by atoms with Crippen LogP contribution in [0.5, 0.6) is 0 Å². The molecular formula is C63H41N3. The maximum Gasteiger partial charge on any atom is 0.0712 e. The van der Waals surface area contributed by atoms with E-state index in [4.69, 9.17) is 0 Å². The van der Waals surface area contributed by atoms with Crippen LogP contribution >= 0.6 is 0 Å². The lowest BCUT2D eigenvalue weighted by Crippen LogP contribution is -2.41. The summed E-state index contributed by atoms with van der Waals surface area (Å²) in [5.41, 5.74) is 16.1. The van der Waals surface area contributed by atoms with Gasteiger partial charge in [-0.3, -0.25) is 0 Å². The highest BCUT2D eigenvalue weighted by molar-refractivity contribution is 6.34. The number of anilines is 2. The third-order valence-electron chi connectivity index (χ3n) is 15.2. The third-order valence-corrected chi connectivity index (χ3v) is 15.2. The average molecular weight is 840 g/mol. The van der Waals surface area contributed by atoms with Crippen LogP contribution in [0.2, 0.25) is 0 Å². The summed E-state index contributed by atoms with van der Waals surface area (Å²) in [5, 5.41) is 12.7. The van der Waals surface area contributed by atoms with Gasteiger partial charge < -0.3 is 13.9 Å². The van der Waals surface area contributed by atoms with Gasteiger partial charge in [0.15, 0.2) is 0 Å². The van der Waals surface area contributed by atoms with Crippen molar-refractivity contribution in [1.82, 2.24) is 8.97 Å². The van der Waals surface area contributed by atoms with Crippen LogP contribution in [0.1, 0.15) is 18.4 Å². The minimum absolute atomic E-state index is 0.157. The Labute approximate surface area is 381 Å². The molecule has 1 aliphatic heterocycles. The second-order valence-corrected chi connectivity index (χ2v) is 18.5. The molecule has 0 saturated heterocycles. The van der Waals surface area contributed by atoms with Crippen molar-refractivity contribution in [3.63, 3.8) is 0 Å². The number of allylic oxidation sites excluding steroid dienone is 2. The highest BCUT2D eigenvalue weighted by atomic mass is 15.2. The molecule has 308 valence electrons. The Bertz CT molecular complexity index is 4240. The normalized spacial score (nSPS) is 16.9. The molecule has 0 amide bonds. The molecule has 0 spiro atoms. The number of rotatable bonds is 4. The molecule has 3 heteroatoms. The molecule has 0 N–H and O–H groups in total. The molecule has 15 rings (SSSR count). The van der Waals surface area contributed by atoms with Crippen molar-refractivity contribution in [2.45, 2.75) is 18.4 Å². The van der Waals surface area contributed by atoms with Crippen LogP contribution in [0.25, 0.3) is 109 Å². The molecule has 66 heavy (non-hydrogen) atoms. The lowest BCUT2D eigenvalue weighted by Gasteiger charge is -2.39. The fourth-order valence-corrected chi connectivity index (χ4v) is 12.6. The van der Waals surface area contributed by atoms with E-state index in [0.29, 0.717) is 0 Å². The first-order valence-corrected chi connectivity index (χ1v) is 23.2. The number of hydrogen-bond donors (Lipinski definition) is 0. The molecule has 0 saturated carbocycles. The minimum Gasteiger partial charge on any atom is -0.331 e. The second kappa shape index (κ2) is 13.1. The van der Waals surface area contributed by atoms with Gasteiger partial charge in [-0.25, -0.2) is 0 Å². The van der Waals surface area contributed by atoms with E-state index in [1.165, 1.54) is 121 Å². The summed E-state index contributed by atoms with van der Waals surface area (Å²) in [6, 6.07) is 74.6. The van der Waals surface area contributed by atoms with Crippen molar-refractivity contribution in [3.8, 4) is 27.9 Å². The molecule has 0 bridgehead atoms. The van der Waals surface area contributed by atoms with Gasteiger partial charge in [-0.2, -0.15) is 0 Å². The quantitative estimate of drug-likeness (QED) is 0.172. The van der Waals surface area contributed by atoms with Gasteiger partial charge >= 0.3 is 0 Å². The molecule has 2 aliphatic rings. The van der Waals surface area contributed by atoms with Crippen LogP contribution in [0.4, 0.5) is 11.4 Å². The fourth-order valence-electron chi connectivity index (χ4n) is 12.6. The lowest BCUT2D eigenvalue weighted by molar-refractivity contribution is 0.543. The highest BCUT2D eigenvalue weighted by Gasteiger charge is 2.48. The van der Waals surface area contributed by atoms with Gasteiger partial charge in [0.2, 0.25) is 0 Å². The Hall–Kier alpha value is -8.40. The van der Waals surface area contributed by atoms with E-state index in [9.17, 15) is 0 Å².